The van der Waals surface area contributed by atoms with Gasteiger partial charge in [0.2, 0.25) is 0 Å². The molecule has 0 radical (unpaired) electrons. The van der Waals surface area contributed by atoms with Crippen molar-refractivity contribution in [2.24, 2.45) is 0 Å². The van der Waals surface area contributed by atoms with E-state index in [-0.39, 0.29) is 5.92 Å². The molecule has 0 nitrogen and oxygen atoms in total. The lowest BCUT2D eigenvalue weighted by molar-refractivity contribution is 1.04. The Hall–Kier alpha value is -4.16. The van der Waals surface area contributed by atoms with E-state index in [4.69, 9.17) is 0 Å². The summed E-state index contributed by atoms with van der Waals surface area (Å²) in [5, 5.41) is 5.29. The molecule has 0 fully saturated rings. The van der Waals surface area contributed by atoms with Gasteiger partial charge in [0.1, 0.15) is 0 Å². The van der Waals surface area contributed by atoms with Crippen LogP contribution in [0, 0.1) is 0 Å². The Kier molecular flexibility index (Phi) is 4.01. The maximum absolute atomic E-state index is 2.42. The van der Waals surface area contributed by atoms with Crippen LogP contribution in [0.25, 0.3) is 43.8 Å². The molecule has 0 aliphatic heterocycles. The lowest BCUT2D eigenvalue weighted by Gasteiger charge is -2.20. The third-order valence-corrected chi connectivity index (χ3v) is 7.13. The average Bonchev–Trinajstić information content (AvgIpc) is 3.21. The minimum atomic E-state index is 0.205. The first kappa shape index (κ1) is 18.4. The molecule has 6 aromatic rings. The highest BCUT2D eigenvalue weighted by Gasteiger charge is 2.32. The summed E-state index contributed by atoms with van der Waals surface area (Å²) in [6.07, 6.45) is 0. The Labute approximate surface area is 193 Å². The zero-order valence-electron chi connectivity index (χ0n) is 18.2. The van der Waals surface area contributed by atoms with Gasteiger partial charge in [-0.1, -0.05) is 115 Å². The quantitative estimate of drug-likeness (QED) is 0.246. The van der Waals surface area contributed by atoms with Gasteiger partial charge in [-0.25, -0.2) is 0 Å². The van der Waals surface area contributed by atoms with Crippen LogP contribution < -0.4 is 0 Å². The summed E-state index contributed by atoms with van der Waals surface area (Å²) in [6.45, 7) is 0. The standard InChI is InChI=1S/C33H22/c1-2-10-22(11-3-1)23-18-19-29-28-16-8-9-17-30(28)33(31(29)21-23)32-26-14-6-4-12-24(26)20-25-13-5-7-15-27(25)32/h1-21,33H. The Morgan fingerprint density at radius 1 is 0.394 bits per heavy atom. The van der Waals surface area contributed by atoms with Crippen molar-refractivity contribution in [3.63, 3.8) is 0 Å². The molecule has 0 amide bonds. The van der Waals surface area contributed by atoms with Crippen molar-refractivity contribution in [1.29, 1.82) is 0 Å². The number of fused-ring (bicyclic) bond motifs is 5. The van der Waals surface area contributed by atoms with E-state index >= 15 is 0 Å². The van der Waals surface area contributed by atoms with Crippen molar-refractivity contribution in [3.05, 3.63) is 144 Å². The van der Waals surface area contributed by atoms with Crippen LogP contribution in [0.2, 0.25) is 0 Å². The molecule has 0 heterocycles. The number of hydrogen-bond donors (Lipinski definition) is 0. The second-order valence-electron chi connectivity index (χ2n) is 8.92. The molecule has 0 saturated heterocycles. The highest BCUT2D eigenvalue weighted by Crippen LogP contribution is 2.51. The SMILES string of the molecule is c1ccc(-c2ccc3c(c2)C(c2c4ccccc4cc4ccccc24)c2ccccc2-3)cc1. The van der Waals surface area contributed by atoms with Crippen LogP contribution in [0.15, 0.2) is 127 Å². The largest absolute Gasteiger partial charge is 0.0622 e. The molecule has 0 saturated carbocycles. The van der Waals surface area contributed by atoms with Gasteiger partial charge >= 0.3 is 0 Å². The fourth-order valence-electron chi connectivity index (χ4n) is 5.69. The van der Waals surface area contributed by atoms with E-state index in [1.54, 1.807) is 0 Å². The van der Waals surface area contributed by atoms with Crippen LogP contribution in [-0.2, 0) is 0 Å². The zero-order valence-corrected chi connectivity index (χ0v) is 18.2. The normalized spacial score (nSPS) is 14.4. The first-order chi connectivity index (χ1) is 16.4. The lowest BCUT2D eigenvalue weighted by atomic mass is 9.82. The maximum atomic E-state index is 2.42. The van der Waals surface area contributed by atoms with Gasteiger partial charge in [0.05, 0.1) is 0 Å². The summed E-state index contributed by atoms with van der Waals surface area (Å²) in [5.41, 5.74) is 9.47. The van der Waals surface area contributed by atoms with Crippen molar-refractivity contribution in [2.75, 3.05) is 0 Å². The molecule has 0 spiro atoms. The van der Waals surface area contributed by atoms with Crippen LogP contribution in [0.4, 0.5) is 0 Å². The first-order valence-electron chi connectivity index (χ1n) is 11.6. The Balaban J connectivity index is 1.59. The van der Waals surface area contributed by atoms with E-state index in [1.807, 2.05) is 0 Å². The molecule has 1 atom stereocenters. The van der Waals surface area contributed by atoms with E-state index in [0.29, 0.717) is 0 Å². The third kappa shape index (κ3) is 2.78. The molecule has 1 aliphatic carbocycles. The molecule has 1 aliphatic rings. The minimum absolute atomic E-state index is 0.205. The third-order valence-electron chi connectivity index (χ3n) is 7.13. The molecule has 0 heteroatoms. The number of rotatable bonds is 2. The summed E-state index contributed by atoms with van der Waals surface area (Å²) in [6, 6.07) is 46.7. The first-order valence-corrected chi connectivity index (χ1v) is 11.6. The van der Waals surface area contributed by atoms with Crippen LogP contribution in [-0.4, -0.2) is 0 Å². The monoisotopic (exact) mass is 418 g/mol. The van der Waals surface area contributed by atoms with Crippen molar-refractivity contribution >= 4 is 21.5 Å². The summed E-state index contributed by atoms with van der Waals surface area (Å²) < 4.78 is 0. The van der Waals surface area contributed by atoms with Crippen LogP contribution >= 0.6 is 0 Å². The van der Waals surface area contributed by atoms with E-state index in [9.17, 15) is 0 Å². The molecule has 0 N–H and O–H groups in total. The molecular weight excluding hydrogens is 396 g/mol. The van der Waals surface area contributed by atoms with Crippen LogP contribution in [0.3, 0.4) is 0 Å². The van der Waals surface area contributed by atoms with Gasteiger partial charge < -0.3 is 0 Å². The molecular formula is C33H22. The Morgan fingerprint density at radius 2 is 1.00 bits per heavy atom. The maximum Gasteiger partial charge on any atom is 0.0364 e. The van der Waals surface area contributed by atoms with Crippen LogP contribution in [0.5, 0.6) is 0 Å². The van der Waals surface area contributed by atoms with E-state index in [1.165, 1.54) is 60.5 Å². The highest BCUT2D eigenvalue weighted by atomic mass is 14.3. The molecule has 1 unspecified atom stereocenters. The Morgan fingerprint density at radius 3 is 1.76 bits per heavy atom. The number of benzene rings is 6. The van der Waals surface area contributed by atoms with Gasteiger partial charge in [0.15, 0.2) is 0 Å². The minimum Gasteiger partial charge on any atom is -0.0622 e. The second-order valence-corrected chi connectivity index (χ2v) is 8.92. The smallest absolute Gasteiger partial charge is 0.0364 e. The second kappa shape index (κ2) is 7.18. The van der Waals surface area contributed by atoms with E-state index < -0.39 is 0 Å². The predicted octanol–water partition coefficient (Wildman–Crippen LogP) is 8.82. The van der Waals surface area contributed by atoms with E-state index in [0.717, 1.165) is 0 Å². The molecule has 0 bridgehead atoms. The van der Waals surface area contributed by atoms with E-state index in [2.05, 4.69) is 127 Å². The van der Waals surface area contributed by atoms with Crippen molar-refractivity contribution in [1.82, 2.24) is 0 Å². The summed E-state index contributed by atoms with van der Waals surface area (Å²) in [4.78, 5) is 0. The fourth-order valence-corrected chi connectivity index (χ4v) is 5.69. The predicted molar refractivity (Wildman–Crippen MR) is 140 cm³/mol. The molecule has 33 heavy (non-hydrogen) atoms. The molecule has 154 valence electrons. The Bertz CT molecular complexity index is 1600. The highest BCUT2D eigenvalue weighted by molar-refractivity contribution is 6.04. The number of hydrogen-bond acceptors (Lipinski definition) is 0. The van der Waals surface area contributed by atoms with Gasteiger partial charge in [-0.05, 0) is 72.6 Å². The summed E-state index contributed by atoms with van der Waals surface area (Å²) in [5.74, 6) is 0.205. The van der Waals surface area contributed by atoms with Crippen molar-refractivity contribution in [3.8, 4) is 22.3 Å². The molecule has 7 rings (SSSR count). The molecule has 0 aromatic heterocycles. The van der Waals surface area contributed by atoms with Gasteiger partial charge in [-0.3, -0.25) is 0 Å². The summed E-state index contributed by atoms with van der Waals surface area (Å²) >= 11 is 0. The van der Waals surface area contributed by atoms with Gasteiger partial charge in [0, 0.05) is 5.92 Å². The fraction of sp³-hybridized carbons (Fsp3) is 0.0303. The topological polar surface area (TPSA) is 0 Å². The van der Waals surface area contributed by atoms with Gasteiger partial charge in [-0.2, -0.15) is 0 Å². The van der Waals surface area contributed by atoms with Crippen LogP contribution in [0.1, 0.15) is 22.6 Å². The average molecular weight is 419 g/mol. The zero-order chi connectivity index (χ0) is 21.8. The van der Waals surface area contributed by atoms with Gasteiger partial charge in [-0.15, -0.1) is 0 Å². The summed E-state index contributed by atoms with van der Waals surface area (Å²) in [7, 11) is 0. The lowest BCUT2D eigenvalue weighted by Crippen LogP contribution is -2.02. The van der Waals surface area contributed by atoms with Crippen molar-refractivity contribution < 1.29 is 0 Å². The molecule has 6 aromatic carbocycles. The van der Waals surface area contributed by atoms with Crippen molar-refractivity contribution in [2.45, 2.75) is 5.92 Å². The van der Waals surface area contributed by atoms with Gasteiger partial charge in [0.25, 0.3) is 0 Å².